The Morgan fingerprint density at radius 3 is 2.62 bits per heavy atom. The minimum absolute atomic E-state index is 0.116. The summed E-state index contributed by atoms with van der Waals surface area (Å²) in [6.45, 7) is 1.47. The van der Waals surface area contributed by atoms with Crippen molar-refractivity contribution in [2.75, 3.05) is 32.5 Å². The van der Waals surface area contributed by atoms with E-state index in [0.717, 1.165) is 25.1 Å². The average molecular weight is 334 g/mol. The first-order valence-corrected chi connectivity index (χ1v) is 7.57. The molecular formula is C17H20F2N4O. The minimum Gasteiger partial charge on any atom is -0.352 e. The van der Waals surface area contributed by atoms with E-state index in [0.29, 0.717) is 17.9 Å². The third-order valence-electron chi connectivity index (χ3n) is 3.29. The highest BCUT2D eigenvalue weighted by atomic mass is 19.1. The van der Waals surface area contributed by atoms with Gasteiger partial charge >= 0.3 is 0 Å². The van der Waals surface area contributed by atoms with Crippen LogP contribution in [0, 0.1) is 11.6 Å². The number of anilines is 2. The van der Waals surface area contributed by atoms with Gasteiger partial charge in [-0.25, -0.2) is 13.8 Å². The maximum Gasteiger partial charge on any atom is 0.252 e. The van der Waals surface area contributed by atoms with Gasteiger partial charge in [0.2, 0.25) is 0 Å². The molecular weight excluding hydrogens is 314 g/mol. The van der Waals surface area contributed by atoms with E-state index < -0.39 is 11.6 Å². The van der Waals surface area contributed by atoms with Gasteiger partial charge < -0.3 is 15.5 Å². The topological polar surface area (TPSA) is 57.3 Å². The van der Waals surface area contributed by atoms with Gasteiger partial charge in [-0.3, -0.25) is 4.79 Å². The van der Waals surface area contributed by atoms with Gasteiger partial charge in [0, 0.05) is 18.8 Å². The van der Waals surface area contributed by atoms with Crippen LogP contribution in [0.3, 0.4) is 0 Å². The Labute approximate surface area is 139 Å². The van der Waals surface area contributed by atoms with Crippen molar-refractivity contribution in [3.05, 3.63) is 53.7 Å². The predicted molar refractivity (Wildman–Crippen MR) is 89.4 cm³/mol. The molecule has 0 unspecified atom stereocenters. The lowest BCUT2D eigenvalue weighted by Gasteiger charge is -2.10. The summed E-state index contributed by atoms with van der Waals surface area (Å²) in [4.78, 5) is 18.1. The standard InChI is InChI=1S/C17H20F2N4O/c1-23(2)9-3-8-20-17(24)12-4-7-16(21-11-12)22-15-6-5-13(18)10-14(15)19/h4-7,10-11H,3,8-9H2,1-2H3,(H,20,24)(H,21,22). The lowest BCUT2D eigenvalue weighted by atomic mass is 10.2. The number of hydrogen-bond donors (Lipinski definition) is 2. The van der Waals surface area contributed by atoms with Crippen LogP contribution in [0.2, 0.25) is 0 Å². The summed E-state index contributed by atoms with van der Waals surface area (Å²) in [6, 6.07) is 6.39. The summed E-state index contributed by atoms with van der Waals surface area (Å²) in [5.41, 5.74) is 0.537. The van der Waals surface area contributed by atoms with Crippen molar-refractivity contribution in [2.24, 2.45) is 0 Å². The molecule has 0 aliphatic heterocycles. The second-order valence-electron chi connectivity index (χ2n) is 5.59. The van der Waals surface area contributed by atoms with Crippen LogP contribution in [0.1, 0.15) is 16.8 Å². The zero-order valence-electron chi connectivity index (χ0n) is 13.6. The van der Waals surface area contributed by atoms with Gasteiger partial charge in [-0.1, -0.05) is 0 Å². The van der Waals surface area contributed by atoms with Gasteiger partial charge in [-0.2, -0.15) is 0 Å². The predicted octanol–water partition coefficient (Wildman–Crippen LogP) is 2.78. The van der Waals surface area contributed by atoms with E-state index in [2.05, 4.69) is 15.6 Å². The molecule has 0 spiro atoms. The highest BCUT2D eigenvalue weighted by Gasteiger charge is 2.08. The molecule has 24 heavy (non-hydrogen) atoms. The molecule has 2 aromatic rings. The van der Waals surface area contributed by atoms with Crippen molar-refractivity contribution in [2.45, 2.75) is 6.42 Å². The zero-order valence-corrected chi connectivity index (χ0v) is 13.6. The van der Waals surface area contributed by atoms with Crippen molar-refractivity contribution in [3.63, 3.8) is 0 Å². The fourth-order valence-electron chi connectivity index (χ4n) is 2.03. The largest absolute Gasteiger partial charge is 0.352 e. The van der Waals surface area contributed by atoms with Crippen LogP contribution < -0.4 is 10.6 Å². The SMILES string of the molecule is CN(C)CCCNC(=O)c1ccc(Nc2ccc(F)cc2F)nc1. The van der Waals surface area contributed by atoms with Crippen molar-refractivity contribution >= 4 is 17.4 Å². The Bertz CT molecular complexity index is 689. The van der Waals surface area contributed by atoms with E-state index in [-0.39, 0.29) is 11.6 Å². The number of amides is 1. The number of nitrogens with one attached hydrogen (secondary N) is 2. The maximum absolute atomic E-state index is 13.6. The van der Waals surface area contributed by atoms with Crippen LogP contribution in [0.25, 0.3) is 0 Å². The first kappa shape index (κ1) is 17.8. The number of nitrogens with zero attached hydrogens (tertiary/aromatic N) is 2. The Morgan fingerprint density at radius 1 is 1.21 bits per heavy atom. The molecule has 128 valence electrons. The van der Waals surface area contributed by atoms with Crippen molar-refractivity contribution in [3.8, 4) is 0 Å². The molecule has 2 rings (SSSR count). The fourth-order valence-corrected chi connectivity index (χ4v) is 2.03. The van der Waals surface area contributed by atoms with E-state index in [4.69, 9.17) is 0 Å². The second-order valence-corrected chi connectivity index (χ2v) is 5.59. The smallest absolute Gasteiger partial charge is 0.252 e. The van der Waals surface area contributed by atoms with Crippen LogP contribution in [-0.4, -0.2) is 43.0 Å². The van der Waals surface area contributed by atoms with Gasteiger partial charge in [0.05, 0.1) is 11.3 Å². The van der Waals surface area contributed by atoms with Crippen molar-refractivity contribution in [1.29, 1.82) is 0 Å². The number of benzene rings is 1. The second kappa shape index (κ2) is 8.35. The molecule has 0 fully saturated rings. The molecule has 7 heteroatoms. The van der Waals surface area contributed by atoms with E-state index in [1.165, 1.54) is 12.3 Å². The van der Waals surface area contributed by atoms with Crippen LogP contribution in [0.4, 0.5) is 20.3 Å². The number of rotatable bonds is 7. The molecule has 1 aromatic carbocycles. The summed E-state index contributed by atoms with van der Waals surface area (Å²) in [5.74, 6) is -1.20. The average Bonchev–Trinajstić information content (AvgIpc) is 2.54. The minimum atomic E-state index is -0.709. The van der Waals surface area contributed by atoms with Crippen LogP contribution in [-0.2, 0) is 0 Å². The molecule has 0 saturated carbocycles. The first-order valence-electron chi connectivity index (χ1n) is 7.57. The highest BCUT2D eigenvalue weighted by molar-refractivity contribution is 5.94. The van der Waals surface area contributed by atoms with E-state index in [1.54, 1.807) is 12.1 Å². The van der Waals surface area contributed by atoms with Gasteiger partial charge in [0.25, 0.3) is 5.91 Å². The molecule has 0 aliphatic carbocycles. The lowest BCUT2D eigenvalue weighted by molar-refractivity contribution is 0.0952. The molecule has 0 bridgehead atoms. The third kappa shape index (κ3) is 5.27. The molecule has 1 amide bonds. The maximum atomic E-state index is 13.6. The number of halogens is 2. The van der Waals surface area contributed by atoms with Crippen molar-refractivity contribution < 1.29 is 13.6 Å². The van der Waals surface area contributed by atoms with Crippen molar-refractivity contribution in [1.82, 2.24) is 15.2 Å². The Hall–Kier alpha value is -2.54. The van der Waals surface area contributed by atoms with Crippen LogP contribution in [0.5, 0.6) is 0 Å². The molecule has 0 aliphatic rings. The number of carbonyl (C=O) groups is 1. The summed E-state index contributed by atoms with van der Waals surface area (Å²) >= 11 is 0. The van der Waals surface area contributed by atoms with E-state index >= 15 is 0 Å². The highest BCUT2D eigenvalue weighted by Crippen LogP contribution is 2.19. The third-order valence-corrected chi connectivity index (χ3v) is 3.29. The van der Waals surface area contributed by atoms with E-state index in [9.17, 15) is 13.6 Å². The molecule has 0 atom stereocenters. The summed E-state index contributed by atoms with van der Waals surface area (Å²) in [6.07, 6.45) is 2.26. The molecule has 0 saturated heterocycles. The van der Waals surface area contributed by atoms with E-state index in [1.807, 2.05) is 19.0 Å². The number of carbonyl (C=O) groups excluding carboxylic acids is 1. The summed E-state index contributed by atoms with van der Waals surface area (Å²) in [7, 11) is 3.95. The number of hydrogen-bond acceptors (Lipinski definition) is 4. The zero-order chi connectivity index (χ0) is 17.5. The molecule has 5 nitrogen and oxygen atoms in total. The Morgan fingerprint density at radius 2 is 2.00 bits per heavy atom. The lowest BCUT2D eigenvalue weighted by Crippen LogP contribution is -2.27. The van der Waals surface area contributed by atoms with Gasteiger partial charge in [0.15, 0.2) is 0 Å². The van der Waals surface area contributed by atoms with Crippen LogP contribution >= 0.6 is 0 Å². The number of pyridine rings is 1. The monoisotopic (exact) mass is 334 g/mol. The molecule has 1 aromatic heterocycles. The fraction of sp³-hybridized carbons (Fsp3) is 0.294. The summed E-state index contributed by atoms with van der Waals surface area (Å²) in [5, 5.41) is 5.55. The first-order chi connectivity index (χ1) is 11.5. The quantitative estimate of drug-likeness (QED) is 0.765. The van der Waals surface area contributed by atoms with Gasteiger partial charge in [0.1, 0.15) is 17.5 Å². The normalized spacial score (nSPS) is 10.7. The van der Waals surface area contributed by atoms with Gasteiger partial charge in [-0.05, 0) is 51.3 Å². The number of aromatic nitrogens is 1. The molecule has 0 radical (unpaired) electrons. The Balaban J connectivity index is 1.91. The Kier molecular flexibility index (Phi) is 6.20. The molecule has 2 N–H and O–H groups in total. The van der Waals surface area contributed by atoms with Gasteiger partial charge in [-0.15, -0.1) is 0 Å². The van der Waals surface area contributed by atoms with Crippen LogP contribution in [0.15, 0.2) is 36.5 Å². The molecule has 1 heterocycles. The summed E-state index contributed by atoms with van der Waals surface area (Å²) < 4.78 is 26.4.